The summed E-state index contributed by atoms with van der Waals surface area (Å²) >= 11 is 0. The summed E-state index contributed by atoms with van der Waals surface area (Å²) in [6, 6.07) is -1.11. The Morgan fingerprint density at radius 3 is 2.50 bits per heavy atom. The molecule has 1 saturated heterocycles. The van der Waals surface area contributed by atoms with Crippen LogP contribution in [0, 0.1) is 0 Å². The van der Waals surface area contributed by atoms with Crippen LogP contribution in [0.3, 0.4) is 0 Å². The Morgan fingerprint density at radius 1 is 1.44 bits per heavy atom. The van der Waals surface area contributed by atoms with Crippen LogP contribution in [-0.4, -0.2) is 47.6 Å². The fourth-order valence-electron chi connectivity index (χ4n) is 1.38. The molecular weight excluding hydrogens is 255 g/mol. The van der Waals surface area contributed by atoms with E-state index in [1.54, 1.807) is 5.32 Å². The number of urea groups is 1. The van der Waals surface area contributed by atoms with Gasteiger partial charge in [-0.05, 0) is 13.8 Å². The summed E-state index contributed by atoms with van der Waals surface area (Å²) in [6.07, 6.45) is -4.55. The minimum atomic E-state index is -4.55. The Bertz CT molecular complexity index is 392. The van der Waals surface area contributed by atoms with Crippen molar-refractivity contribution >= 4 is 17.8 Å². The molecule has 0 aliphatic carbocycles. The van der Waals surface area contributed by atoms with Gasteiger partial charge >= 0.3 is 12.2 Å². The first-order valence-corrected chi connectivity index (χ1v) is 5.00. The van der Waals surface area contributed by atoms with E-state index in [2.05, 4.69) is 0 Å². The number of piperazine rings is 1. The topological polar surface area (TPSA) is 78.5 Å². The van der Waals surface area contributed by atoms with Gasteiger partial charge in [-0.2, -0.15) is 13.2 Å². The maximum Gasteiger partial charge on any atom is 0.405 e. The van der Waals surface area contributed by atoms with Gasteiger partial charge in [-0.1, -0.05) is 0 Å². The summed E-state index contributed by atoms with van der Waals surface area (Å²) in [6.45, 7) is 0.681. The third-order valence-electron chi connectivity index (χ3n) is 2.47. The summed E-state index contributed by atoms with van der Waals surface area (Å²) in [5.41, 5.74) is -1.39. The number of rotatable bonds is 1. The lowest BCUT2D eigenvalue weighted by molar-refractivity contribution is -0.143. The van der Waals surface area contributed by atoms with Crippen molar-refractivity contribution in [3.63, 3.8) is 0 Å². The lowest BCUT2D eigenvalue weighted by atomic mass is 9.99. The van der Waals surface area contributed by atoms with Crippen LogP contribution in [0.4, 0.5) is 18.0 Å². The zero-order valence-corrected chi connectivity index (χ0v) is 9.72. The van der Waals surface area contributed by atoms with E-state index in [1.165, 1.54) is 13.8 Å². The van der Waals surface area contributed by atoms with E-state index in [4.69, 9.17) is 0 Å². The van der Waals surface area contributed by atoms with Gasteiger partial charge in [0.25, 0.3) is 5.91 Å². The molecule has 1 heterocycles. The number of halogens is 3. The summed E-state index contributed by atoms with van der Waals surface area (Å²) in [4.78, 5) is 34.9. The fraction of sp³-hybridized carbons (Fsp3) is 0.667. The molecule has 2 N–H and O–H groups in total. The number of nitrogens with one attached hydrogen (secondary N) is 2. The number of alkyl halides is 3. The average molecular weight is 267 g/mol. The molecule has 0 aromatic carbocycles. The predicted octanol–water partition coefficient (Wildman–Crippen LogP) is -0.00470. The number of carbonyl (C=O) groups excluding carboxylic acids is 3. The van der Waals surface area contributed by atoms with Gasteiger partial charge in [0.1, 0.15) is 18.6 Å². The summed E-state index contributed by atoms with van der Waals surface area (Å²) in [7, 11) is 0. The molecule has 0 aromatic heterocycles. The molecule has 1 rings (SSSR count). The zero-order valence-electron chi connectivity index (χ0n) is 9.72. The van der Waals surface area contributed by atoms with E-state index >= 15 is 0 Å². The highest BCUT2D eigenvalue weighted by molar-refractivity contribution is 6.05. The van der Waals surface area contributed by atoms with Gasteiger partial charge < -0.3 is 10.2 Å². The maximum absolute atomic E-state index is 11.9. The molecular formula is C9H12F3N3O3. The second-order valence-electron chi connectivity index (χ2n) is 4.30. The van der Waals surface area contributed by atoms with Crippen LogP contribution in [0.15, 0.2) is 0 Å². The molecule has 0 spiro atoms. The van der Waals surface area contributed by atoms with Crippen LogP contribution in [0.25, 0.3) is 0 Å². The highest BCUT2D eigenvalue weighted by Gasteiger charge is 2.44. The van der Waals surface area contributed by atoms with Crippen LogP contribution >= 0.6 is 0 Å². The standard InChI is InChI=1S/C9H12F3N3O3/c1-8(2)6(17)14-5(16)3-15(8)7(18)13-4-9(10,11)12/h3-4H2,1-2H3,(H,13,18)(H,14,16,17). The molecule has 9 heteroatoms. The number of nitrogens with zero attached hydrogens (tertiary/aromatic N) is 1. The van der Waals surface area contributed by atoms with Crippen LogP contribution in [0.5, 0.6) is 0 Å². The van der Waals surface area contributed by atoms with Crippen molar-refractivity contribution in [2.24, 2.45) is 0 Å². The molecule has 18 heavy (non-hydrogen) atoms. The molecule has 0 atom stereocenters. The maximum atomic E-state index is 11.9. The molecule has 1 fully saturated rings. The van der Waals surface area contributed by atoms with Crippen molar-refractivity contribution in [1.82, 2.24) is 15.5 Å². The second-order valence-corrected chi connectivity index (χ2v) is 4.30. The van der Waals surface area contributed by atoms with Crippen LogP contribution in [0.2, 0.25) is 0 Å². The van der Waals surface area contributed by atoms with Gasteiger partial charge in [-0.25, -0.2) is 4.79 Å². The predicted molar refractivity (Wildman–Crippen MR) is 53.4 cm³/mol. The van der Waals surface area contributed by atoms with Crippen molar-refractivity contribution < 1.29 is 27.6 Å². The Labute approximate surface area is 100 Å². The molecule has 6 nitrogen and oxygen atoms in total. The van der Waals surface area contributed by atoms with E-state index in [9.17, 15) is 27.6 Å². The van der Waals surface area contributed by atoms with Gasteiger partial charge in [0.05, 0.1) is 0 Å². The monoisotopic (exact) mass is 267 g/mol. The molecule has 0 unspecified atom stereocenters. The lowest BCUT2D eigenvalue weighted by Gasteiger charge is -2.39. The third kappa shape index (κ3) is 3.11. The molecule has 1 aliphatic heterocycles. The van der Waals surface area contributed by atoms with Gasteiger partial charge in [0, 0.05) is 0 Å². The average Bonchev–Trinajstić information content (AvgIpc) is 2.19. The van der Waals surface area contributed by atoms with Crippen LogP contribution < -0.4 is 10.6 Å². The largest absolute Gasteiger partial charge is 0.405 e. The van der Waals surface area contributed by atoms with Gasteiger partial charge in [0.15, 0.2) is 0 Å². The van der Waals surface area contributed by atoms with E-state index in [1.807, 2.05) is 5.32 Å². The number of amides is 4. The highest BCUT2D eigenvalue weighted by Crippen LogP contribution is 2.19. The number of imide groups is 1. The zero-order chi connectivity index (χ0) is 14.1. The summed E-state index contributed by atoms with van der Waals surface area (Å²) in [5, 5.41) is 3.62. The van der Waals surface area contributed by atoms with E-state index < -0.39 is 42.7 Å². The first kappa shape index (κ1) is 14.3. The van der Waals surface area contributed by atoms with Crippen LogP contribution in [0.1, 0.15) is 13.8 Å². The molecule has 102 valence electrons. The van der Waals surface area contributed by atoms with Crippen molar-refractivity contribution in [2.45, 2.75) is 25.6 Å². The lowest BCUT2D eigenvalue weighted by Crippen LogP contribution is -2.67. The highest BCUT2D eigenvalue weighted by atomic mass is 19.4. The van der Waals surface area contributed by atoms with Gasteiger partial charge in [-0.15, -0.1) is 0 Å². The second kappa shape index (κ2) is 4.46. The Hall–Kier alpha value is -1.80. The Morgan fingerprint density at radius 2 is 2.00 bits per heavy atom. The molecule has 0 aromatic rings. The molecule has 0 bridgehead atoms. The molecule has 4 amide bonds. The van der Waals surface area contributed by atoms with Crippen molar-refractivity contribution in [3.05, 3.63) is 0 Å². The number of carbonyl (C=O) groups is 3. The van der Waals surface area contributed by atoms with E-state index in [0.29, 0.717) is 0 Å². The van der Waals surface area contributed by atoms with Crippen molar-refractivity contribution in [1.29, 1.82) is 0 Å². The first-order chi connectivity index (χ1) is 8.04. The van der Waals surface area contributed by atoms with E-state index in [0.717, 1.165) is 4.90 Å². The van der Waals surface area contributed by atoms with Gasteiger partial charge in [0.2, 0.25) is 5.91 Å². The Kier molecular flexibility index (Phi) is 3.54. The first-order valence-electron chi connectivity index (χ1n) is 5.00. The SMILES string of the molecule is CC1(C)C(=O)NC(=O)CN1C(=O)NCC(F)(F)F. The van der Waals surface area contributed by atoms with Crippen molar-refractivity contribution in [2.75, 3.05) is 13.1 Å². The smallest absolute Gasteiger partial charge is 0.329 e. The van der Waals surface area contributed by atoms with Gasteiger partial charge in [-0.3, -0.25) is 14.9 Å². The molecule has 1 aliphatic rings. The quantitative estimate of drug-likeness (QED) is 0.656. The van der Waals surface area contributed by atoms with Crippen LogP contribution in [-0.2, 0) is 9.59 Å². The minimum absolute atomic E-state index is 0.470. The summed E-state index contributed by atoms with van der Waals surface area (Å²) in [5.74, 6) is -1.47. The number of hydrogen-bond donors (Lipinski definition) is 2. The normalized spacial score (nSPS) is 19.5. The third-order valence-corrected chi connectivity index (χ3v) is 2.47. The molecule has 0 radical (unpaired) electrons. The van der Waals surface area contributed by atoms with Crippen molar-refractivity contribution in [3.8, 4) is 0 Å². The summed E-state index contributed by atoms with van der Waals surface area (Å²) < 4.78 is 35.8. The Balaban J connectivity index is 2.76. The minimum Gasteiger partial charge on any atom is -0.329 e. The number of hydrogen-bond acceptors (Lipinski definition) is 3. The fourth-order valence-corrected chi connectivity index (χ4v) is 1.38. The van der Waals surface area contributed by atoms with E-state index in [-0.39, 0.29) is 0 Å². The molecule has 0 saturated carbocycles.